The molecule has 0 aromatic heterocycles. The molecule has 0 bridgehead atoms. The number of rotatable bonds is 4. The van der Waals surface area contributed by atoms with Crippen LogP contribution in [0.5, 0.6) is 0 Å². The zero-order chi connectivity index (χ0) is 11.3. The molecule has 0 saturated heterocycles. The fourth-order valence-electron chi connectivity index (χ4n) is 1.27. The first-order chi connectivity index (χ1) is 7.17. The third-order valence-electron chi connectivity index (χ3n) is 2.07. The van der Waals surface area contributed by atoms with Crippen molar-refractivity contribution in [3.8, 4) is 6.07 Å². The summed E-state index contributed by atoms with van der Waals surface area (Å²) in [6, 6.07) is 7.80. The van der Waals surface area contributed by atoms with Crippen LogP contribution in [0.4, 0.5) is 5.69 Å². The zero-order valence-corrected chi connectivity index (χ0v) is 10.1. The first-order valence-electron chi connectivity index (χ1n) is 4.74. The normalized spacial score (nSPS) is 11.9. The number of nitrogens with zero attached hydrogens (tertiary/aromatic N) is 1. The summed E-state index contributed by atoms with van der Waals surface area (Å²) in [7, 11) is 0. The van der Waals surface area contributed by atoms with Crippen LogP contribution in [0.15, 0.2) is 22.7 Å². The van der Waals surface area contributed by atoms with Crippen molar-refractivity contribution >= 4 is 21.6 Å². The maximum atomic E-state index is 8.93. The fraction of sp³-hybridized carbons (Fsp3) is 0.364. The molecule has 4 heteroatoms. The molecule has 0 radical (unpaired) electrons. The molecule has 0 spiro atoms. The maximum absolute atomic E-state index is 8.93. The fourth-order valence-corrected chi connectivity index (χ4v) is 1.63. The number of benzene rings is 1. The highest BCUT2D eigenvalue weighted by molar-refractivity contribution is 9.10. The van der Waals surface area contributed by atoms with Gasteiger partial charge in [-0.2, -0.15) is 5.26 Å². The van der Waals surface area contributed by atoms with Crippen LogP contribution in [0, 0.1) is 11.3 Å². The zero-order valence-electron chi connectivity index (χ0n) is 8.50. The summed E-state index contributed by atoms with van der Waals surface area (Å²) >= 11 is 3.32. The third kappa shape index (κ3) is 3.54. The standard InChI is InChI=1S/C11H13BrN2O/c1-8(4-5-15)14-11-3-2-10(12)6-9(11)7-13/h2-3,6,8,14-15H,4-5H2,1H3/t8-/m1/s1. The SMILES string of the molecule is C[C@H](CCO)Nc1ccc(Br)cc1C#N. The molecule has 1 aromatic carbocycles. The minimum Gasteiger partial charge on any atom is -0.396 e. The Morgan fingerprint density at radius 1 is 1.60 bits per heavy atom. The molecule has 1 rings (SSSR count). The number of hydrogen-bond acceptors (Lipinski definition) is 3. The Morgan fingerprint density at radius 3 is 2.93 bits per heavy atom. The van der Waals surface area contributed by atoms with Gasteiger partial charge in [0.05, 0.1) is 11.3 Å². The van der Waals surface area contributed by atoms with E-state index < -0.39 is 0 Å². The monoisotopic (exact) mass is 268 g/mol. The molecule has 0 unspecified atom stereocenters. The molecule has 3 nitrogen and oxygen atoms in total. The molecule has 80 valence electrons. The van der Waals surface area contributed by atoms with E-state index in [2.05, 4.69) is 27.3 Å². The second-order valence-corrected chi connectivity index (χ2v) is 4.28. The largest absolute Gasteiger partial charge is 0.396 e. The summed E-state index contributed by atoms with van der Waals surface area (Å²) in [5, 5.41) is 20.9. The predicted octanol–water partition coefficient (Wildman–Crippen LogP) is 2.50. The van der Waals surface area contributed by atoms with Crippen molar-refractivity contribution in [1.29, 1.82) is 5.26 Å². The van der Waals surface area contributed by atoms with E-state index in [0.717, 1.165) is 10.2 Å². The Morgan fingerprint density at radius 2 is 2.33 bits per heavy atom. The van der Waals surface area contributed by atoms with Gasteiger partial charge in [0.15, 0.2) is 0 Å². The highest BCUT2D eigenvalue weighted by Gasteiger charge is 2.06. The number of hydrogen-bond donors (Lipinski definition) is 2. The summed E-state index contributed by atoms with van der Waals surface area (Å²) in [4.78, 5) is 0. The molecule has 0 saturated carbocycles. The molecular weight excluding hydrogens is 256 g/mol. The smallest absolute Gasteiger partial charge is 0.101 e. The Kier molecular flexibility index (Phi) is 4.60. The van der Waals surface area contributed by atoms with Gasteiger partial charge >= 0.3 is 0 Å². The number of anilines is 1. The third-order valence-corrected chi connectivity index (χ3v) is 2.56. The molecule has 0 aliphatic heterocycles. The summed E-state index contributed by atoms with van der Waals surface area (Å²) < 4.78 is 0.888. The van der Waals surface area contributed by atoms with Gasteiger partial charge in [0.2, 0.25) is 0 Å². The second kappa shape index (κ2) is 5.74. The van der Waals surface area contributed by atoms with Crippen LogP contribution >= 0.6 is 15.9 Å². The molecule has 0 amide bonds. The predicted molar refractivity (Wildman–Crippen MR) is 63.6 cm³/mol. The van der Waals surface area contributed by atoms with Crippen LogP contribution in [0.25, 0.3) is 0 Å². The van der Waals surface area contributed by atoms with Crippen molar-refractivity contribution < 1.29 is 5.11 Å². The van der Waals surface area contributed by atoms with Gasteiger partial charge < -0.3 is 10.4 Å². The first-order valence-corrected chi connectivity index (χ1v) is 5.53. The number of nitriles is 1. The van der Waals surface area contributed by atoms with Gasteiger partial charge in [-0.3, -0.25) is 0 Å². The van der Waals surface area contributed by atoms with Crippen molar-refractivity contribution in [3.63, 3.8) is 0 Å². The Bertz CT molecular complexity index is 373. The van der Waals surface area contributed by atoms with E-state index >= 15 is 0 Å². The topological polar surface area (TPSA) is 56.0 Å². The highest BCUT2D eigenvalue weighted by Crippen LogP contribution is 2.21. The van der Waals surface area contributed by atoms with Crippen LogP contribution < -0.4 is 5.32 Å². The number of halogens is 1. The lowest BCUT2D eigenvalue weighted by atomic mass is 10.1. The van der Waals surface area contributed by atoms with E-state index in [4.69, 9.17) is 10.4 Å². The van der Waals surface area contributed by atoms with Gasteiger partial charge in [-0.05, 0) is 31.5 Å². The van der Waals surface area contributed by atoms with Gasteiger partial charge in [-0.25, -0.2) is 0 Å². The lowest BCUT2D eigenvalue weighted by Gasteiger charge is -2.15. The molecule has 0 aliphatic carbocycles. The Labute approximate surface area is 97.9 Å². The average Bonchev–Trinajstić information content (AvgIpc) is 2.21. The van der Waals surface area contributed by atoms with Crippen molar-refractivity contribution in [3.05, 3.63) is 28.2 Å². The van der Waals surface area contributed by atoms with Crippen molar-refractivity contribution in [2.24, 2.45) is 0 Å². The first kappa shape index (κ1) is 12.0. The number of aliphatic hydroxyl groups excluding tert-OH is 1. The van der Waals surface area contributed by atoms with Gasteiger partial charge in [0, 0.05) is 17.1 Å². The van der Waals surface area contributed by atoms with Crippen LogP contribution in [-0.2, 0) is 0 Å². The molecular formula is C11H13BrN2O. The number of aliphatic hydroxyl groups is 1. The van der Waals surface area contributed by atoms with E-state index in [9.17, 15) is 0 Å². The lowest BCUT2D eigenvalue weighted by Crippen LogP contribution is -2.17. The van der Waals surface area contributed by atoms with Gasteiger partial charge in [-0.1, -0.05) is 15.9 Å². The van der Waals surface area contributed by atoms with E-state index in [1.807, 2.05) is 19.1 Å². The van der Waals surface area contributed by atoms with Crippen LogP contribution in [0.3, 0.4) is 0 Å². The van der Waals surface area contributed by atoms with Crippen molar-refractivity contribution in [2.75, 3.05) is 11.9 Å². The highest BCUT2D eigenvalue weighted by atomic mass is 79.9. The Balaban J connectivity index is 2.81. The molecule has 0 heterocycles. The minimum atomic E-state index is 0.145. The molecule has 0 aliphatic rings. The van der Waals surface area contributed by atoms with Crippen molar-refractivity contribution in [1.82, 2.24) is 0 Å². The molecule has 0 fully saturated rings. The minimum absolute atomic E-state index is 0.145. The lowest BCUT2D eigenvalue weighted by molar-refractivity contribution is 0.282. The molecule has 1 atom stereocenters. The summed E-state index contributed by atoms with van der Waals surface area (Å²) in [6.45, 7) is 2.12. The quantitative estimate of drug-likeness (QED) is 0.883. The van der Waals surface area contributed by atoms with Crippen LogP contribution in [-0.4, -0.2) is 17.8 Å². The molecule has 15 heavy (non-hydrogen) atoms. The van der Waals surface area contributed by atoms with Gasteiger partial charge in [0.25, 0.3) is 0 Å². The summed E-state index contributed by atoms with van der Waals surface area (Å²) in [5.74, 6) is 0. The van der Waals surface area contributed by atoms with E-state index in [1.54, 1.807) is 6.07 Å². The van der Waals surface area contributed by atoms with E-state index in [0.29, 0.717) is 12.0 Å². The van der Waals surface area contributed by atoms with E-state index in [-0.39, 0.29) is 12.6 Å². The van der Waals surface area contributed by atoms with Gasteiger partial charge in [0.1, 0.15) is 6.07 Å². The summed E-state index contributed by atoms with van der Waals surface area (Å²) in [5.41, 5.74) is 1.41. The number of nitrogens with one attached hydrogen (secondary N) is 1. The second-order valence-electron chi connectivity index (χ2n) is 3.36. The Hall–Kier alpha value is -1.05. The molecule has 1 aromatic rings. The average molecular weight is 269 g/mol. The van der Waals surface area contributed by atoms with Crippen molar-refractivity contribution in [2.45, 2.75) is 19.4 Å². The van der Waals surface area contributed by atoms with E-state index in [1.165, 1.54) is 0 Å². The van der Waals surface area contributed by atoms with Crippen LogP contribution in [0.1, 0.15) is 18.9 Å². The summed E-state index contributed by atoms with van der Waals surface area (Å²) in [6.07, 6.45) is 0.668. The van der Waals surface area contributed by atoms with Crippen LogP contribution in [0.2, 0.25) is 0 Å². The maximum Gasteiger partial charge on any atom is 0.101 e. The molecule has 2 N–H and O–H groups in total. The van der Waals surface area contributed by atoms with Gasteiger partial charge in [-0.15, -0.1) is 0 Å².